The van der Waals surface area contributed by atoms with Crippen molar-refractivity contribution in [3.63, 3.8) is 0 Å². The summed E-state index contributed by atoms with van der Waals surface area (Å²) in [6.45, 7) is 4.47. The summed E-state index contributed by atoms with van der Waals surface area (Å²) >= 11 is 0. The molecule has 0 aromatic heterocycles. The quantitative estimate of drug-likeness (QED) is 0.801. The average Bonchev–Trinajstić information content (AvgIpc) is 2.46. The van der Waals surface area contributed by atoms with Gasteiger partial charge in [-0.3, -0.25) is 4.72 Å². The second kappa shape index (κ2) is 6.32. The molecule has 5 nitrogen and oxygen atoms in total. The van der Waals surface area contributed by atoms with Gasteiger partial charge in [-0.2, -0.15) is 0 Å². The molecule has 0 saturated heterocycles. The molecule has 1 spiro atoms. The molecule has 2 saturated carbocycles. The monoisotopic (exact) mass is 338 g/mol. The Labute approximate surface area is 138 Å². The highest BCUT2D eigenvalue weighted by atomic mass is 32.2. The zero-order valence-corrected chi connectivity index (χ0v) is 14.7. The van der Waals surface area contributed by atoms with E-state index in [0.29, 0.717) is 23.2 Å². The maximum absolute atomic E-state index is 11.6. The maximum atomic E-state index is 11.6. The van der Waals surface area contributed by atoms with E-state index in [2.05, 4.69) is 17.0 Å². The third kappa shape index (κ3) is 3.19. The van der Waals surface area contributed by atoms with E-state index >= 15 is 0 Å². The van der Waals surface area contributed by atoms with Gasteiger partial charge in [0, 0.05) is 29.4 Å². The van der Waals surface area contributed by atoms with Crippen LogP contribution in [-0.4, -0.2) is 32.9 Å². The number of rotatable bonds is 7. The SMILES string of the molecule is CCO[C@H]1C[C@H](Nc2ccc(NS(=O)(=O)CC)cc2)C12CCC2. The van der Waals surface area contributed by atoms with Crippen molar-refractivity contribution in [2.45, 2.75) is 51.7 Å². The number of sulfonamides is 1. The summed E-state index contributed by atoms with van der Waals surface area (Å²) in [6, 6.07) is 7.96. The lowest BCUT2D eigenvalue weighted by atomic mass is 9.51. The first-order valence-electron chi connectivity index (χ1n) is 8.48. The molecule has 0 radical (unpaired) electrons. The number of hydrogen-bond donors (Lipinski definition) is 2. The summed E-state index contributed by atoms with van der Waals surface area (Å²) in [4.78, 5) is 0. The average molecular weight is 338 g/mol. The van der Waals surface area contributed by atoms with E-state index in [9.17, 15) is 8.42 Å². The van der Waals surface area contributed by atoms with Crippen LogP contribution in [0.1, 0.15) is 39.5 Å². The van der Waals surface area contributed by atoms with Gasteiger partial charge in [-0.05, 0) is 57.4 Å². The molecule has 2 aliphatic rings. The van der Waals surface area contributed by atoms with Crippen molar-refractivity contribution in [2.75, 3.05) is 22.4 Å². The summed E-state index contributed by atoms with van der Waals surface area (Å²) in [6.07, 6.45) is 5.22. The lowest BCUT2D eigenvalue weighted by Crippen LogP contribution is -2.64. The first-order chi connectivity index (χ1) is 11.0. The summed E-state index contributed by atoms with van der Waals surface area (Å²) in [5.41, 5.74) is 1.96. The van der Waals surface area contributed by atoms with Crippen LogP contribution in [-0.2, 0) is 14.8 Å². The third-order valence-corrected chi connectivity index (χ3v) is 6.62. The van der Waals surface area contributed by atoms with Gasteiger partial charge in [0.15, 0.2) is 0 Å². The molecule has 3 rings (SSSR count). The van der Waals surface area contributed by atoms with Crippen LogP contribution < -0.4 is 10.0 Å². The Morgan fingerprint density at radius 3 is 2.35 bits per heavy atom. The van der Waals surface area contributed by atoms with Crippen LogP contribution in [0, 0.1) is 5.41 Å². The van der Waals surface area contributed by atoms with E-state index in [-0.39, 0.29) is 5.75 Å². The van der Waals surface area contributed by atoms with Gasteiger partial charge in [-0.1, -0.05) is 6.42 Å². The molecule has 6 heteroatoms. The molecule has 0 unspecified atom stereocenters. The zero-order chi connectivity index (χ0) is 16.5. The van der Waals surface area contributed by atoms with E-state index in [1.165, 1.54) is 19.3 Å². The van der Waals surface area contributed by atoms with Gasteiger partial charge < -0.3 is 10.1 Å². The van der Waals surface area contributed by atoms with Crippen LogP contribution in [0.2, 0.25) is 0 Å². The molecule has 0 aliphatic heterocycles. The molecule has 1 aromatic rings. The number of ether oxygens (including phenoxy) is 1. The minimum Gasteiger partial charge on any atom is -0.382 e. The number of nitrogens with one attached hydrogen (secondary N) is 2. The van der Waals surface area contributed by atoms with Crippen LogP contribution in [0.25, 0.3) is 0 Å². The molecular formula is C17H26N2O3S. The number of anilines is 2. The molecule has 1 aromatic carbocycles. The summed E-state index contributed by atoms with van der Waals surface area (Å²) in [7, 11) is -3.22. The standard InChI is InChI=1S/C17H26N2O3S/c1-3-22-16-12-15(17(16)10-5-11-17)18-13-6-8-14(9-7-13)19-23(20,21)4-2/h6-9,15-16,18-19H,3-5,10-12H2,1-2H3/t15-,16-/m0/s1. The normalized spacial score (nSPS) is 25.5. The molecule has 2 atom stereocenters. The molecule has 23 heavy (non-hydrogen) atoms. The van der Waals surface area contributed by atoms with Crippen molar-refractivity contribution in [3.8, 4) is 0 Å². The first kappa shape index (κ1) is 16.6. The second-order valence-electron chi connectivity index (χ2n) is 6.55. The molecule has 2 fully saturated rings. The molecular weight excluding hydrogens is 312 g/mol. The van der Waals surface area contributed by atoms with Gasteiger partial charge in [0.2, 0.25) is 10.0 Å². The lowest BCUT2D eigenvalue weighted by Gasteiger charge is -2.61. The Bertz CT molecular complexity index is 638. The van der Waals surface area contributed by atoms with Crippen LogP contribution >= 0.6 is 0 Å². The van der Waals surface area contributed by atoms with E-state index in [0.717, 1.165) is 18.7 Å². The molecule has 2 N–H and O–H groups in total. The Kier molecular flexibility index (Phi) is 4.56. The molecule has 128 valence electrons. The van der Waals surface area contributed by atoms with Crippen LogP contribution in [0.15, 0.2) is 24.3 Å². The van der Waals surface area contributed by atoms with Crippen molar-refractivity contribution in [1.29, 1.82) is 0 Å². The van der Waals surface area contributed by atoms with Gasteiger partial charge in [0.05, 0.1) is 11.9 Å². The Balaban J connectivity index is 1.61. The fourth-order valence-corrected chi connectivity index (χ4v) is 4.37. The highest BCUT2D eigenvalue weighted by Crippen LogP contribution is 2.58. The van der Waals surface area contributed by atoms with E-state index in [1.807, 2.05) is 24.3 Å². The highest BCUT2D eigenvalue weighted by Gasteiger charge is 2.58. The highest BCUT2D eigenvalue weighted by molar-refractivity contribution is 7.92. The summed E-state index contributed by atoms with van der Waals surface area (Å²) in [5, 5.41) is 3.61. The minimum atomic E-state index is -3.22. The Morgan fingerprint density at radius 2 is 1.83 bits per heavy atom. The Hall–Kier alpha value is -1.27. The first-order valence-corrected chi connectivity index (χ1v) is 10.1. The van der Waals surface area contributed by atoms with Gasteiger partial charge >= 0.3 is 0 Å². The maximum Gasteiger partial charge on any atom is 0.232 e. The van der Waals surface area contributed by atoms with Crippen molar-refractivity contribution in [2.24, 2.45) is 5.41 Å². The molecule has 2 aliphatic carbocycles. The lowest BCUT2D eigenvalue weighted by molar-refractivity contribution is -0.157. The van der Waals surface area contributed by atoms with E-state index in [4.69, 9.17) is 4.74 Å². The van der Waals surface area contributed by atoms with Crippen molar-refractivity contribution >= 4 is 21.4 Å². The fraction of sp³-hybridized carbons (Fsp3) is 0.647. The third-order valence-electron chi connectivity index (χ3n) is 5.32. The molecule has 0 heterocycles. The summed E-state index contributed by atoms with van der Waals surface area (Å²) < 4.78 is 31.6. The van der Waals surface area contributed by atoms with Gasteiger partial charge in [-0.25, -0.2) is 8.42 Å². The van der Waals surface area contributed by atoms with Crippen LogP contribution in [0.5, 0.6) is 0 Å². The van der Waals surface area contributed by atoms with E-state index < -0.39 is 10.0 Å². The fourth-order valence-electron chi connectivity index (χ4n) is 3.73. The molecule has 0 amide bonds. The van der Waals surface area contributed by atoms with Crippen molar-refractivity contribution < 1.29 is 13.2 Å². The predicted molar refractivity (Wildman–Crippen MR) is 93.3 cm³/mol. The summed E-state index contributed by atoms with van der Waals surface area (Å²) in [5.74, 6) is 0.0798. The van der Waals surface area contributed by atoms with Crippen molar-refractivity contribution in [3.05, 3.63) is 24.3 Å². The van der Waals surface area contributed by atoms with Gasteiger partial charge in [-0.15, -0.1) is 0 Å². The van der Waals surface area contributed by atoms with Crippen LogP contribution in [0.4, 0.5) is 11.4 Å². The van der Waals surface area contributed by atoms with Gasteiger partial charge in [0.25, 0.3) is 0 Å². The number of hydrogen-bond acceptors (Lipinski definition) is 4. The zero-order valence-electron chi connectivity index (χ0n) is 13.8. The Morgan fingerprint density at radius 1 is 1.17 bits per heavy atom. The smallest absolute Gasteiger partial charge is 0.232 e. The predicted octanol–water partition coefficient (Wildman–Crippen LogP) is 3.21. The molecule has 0 bridgehead atoms. The van der Waals surface area contributed by atoms with Crippen LogP contribution in [0.3, 0.4) is 0 Å². The topological polar surface area (TPSA) is 67.4 Å². The second-order valence-corrected chi connectivity index (χ2v) is 8.56. The minimum absolute atomic E-state index is 0.0798. The van der Waals surface area contributed by atoms with Gasteiger partial charge in [0.1, 0.15) is 0 Å². The number of benzene rings is 1. The van der Waals surface area contributed by atoms with E-state index in [1.54, 1.807) is 6.92 Å². The largest absolute Gasteiger partial charge is 0.382 e. The van der Waals surface area contributed by atoms with Crippen molar-refractivity contribution in [1.82, 2.24) is 0 Å².